The van der Waals surface area contributed by atoms with Crippen LogP contribution in [-0.4, -0.2) is 52.1 Å². The van der Waals surface area contributed by atoms with Crippen molar-refractivity contribution in [3.8, 4) is 11.3 Å². The summed E-state index contributed by atoms with van der Waals surface area (Å²) in [5.41, 5.74) is 4.19. The Morgan fingerprint density at radius 2 is 2.00 bits per heavy atom. The third-order valence-electron chi connectivity index (χ3n) is 5.25. The largest absolute Gasteiger partial charge is 0.500 e. The van der Waals surface area contributed by atoms with Crippen molar-refractivity contribution in [3.63, 3.8) is 0 Å². The van der Waals surface area contributed by atoms with E-state index in [1.807, 2.05) is 36.6 Å². The molecule has 2 aliphatic rings. The minimum atomic E-state index is -0.632. The third-order valence-corrected chi connectivity index (χ3v) is 6.00. The summed E-state index contributed by atoms with van der Waals surface area (Å²) in [5.74, 6) is -1.21. The number of imide groups is 1. The number of nitrogens with zero attached hydrogens (tertiary/aromatic N) is 3. The van der Waals surface area contributed by atoms with Gasteiger partial charge >= 0.3 is 11.9 Å². The van der Waals surface area contributed by atoms with Crippen molar-refractivity contribution in [2.75, 3.05) is 19.4 Å². The molecule has 0 fully saturated rings. The number of aryl methyl sites for hydroxylation is 1. The smallest absolute Gasteiger partial charge is 0.302 e. The summed E-state index contributed by atoms with van der Waals surface area (Å²) >= 11 is 1.35. The molecule has 7 nitrogen and oxygen atoms in total. The fourth-order valence-corrected chi connectivity index (χ4v) is 4.30. The zero-order chi connectivity index (χ0) is 21.4. The maximum absolute atomic E-state index is 12.7. The van der Waals surface area contributed by atoms with Crippen LogP contribution < -0.4 is 5.32 Å². The quantitative estimate of drug-likeness (QED) is 0.769. The fraction of sp³-hybridized carbons (Fsp3) is 0.227. The highest BCUT2D eigenvalue weighted by molar-refractivity contribution is 7.14. The molecular weight excluding hydrogens is 400 g/mol. The number of hydrogen-bond donors (Lipinski definition) is 1. The van der Waals surface area contributed by atoms with Crippen molar-refractivity contribution in [1.29, 1.82) is 0 Å². The van der Waals surface area contributed by atoms with Crippen molar-refractivity contribution in [2.24, 2.45) is 5.92 Å². The van der Waals surface area contributed by atoms with Crippen LogP contribution in [0.25, 0.3) is 11.3 Å². The van der Waals surface area contributed by atoms with Gasteiger partial charge in [-0.15, -0.1) is 11.3 Å². The number of hydrogen-bond acceptors (Lipinski definition) is 5. The molecule has 1 aliphatic carbocycles. The molecule has 1 aromatic carbocycles. The van der Waals surface area contributed by atoms with Crippen LogP contribution in [0.3, 0.4) is 0 Å². The number of carbonyl (C=O) groups is 3. The van der Waals surface area contributed by atoms with Crippen molar-refractivity contribution in [1.82, 2.24) is 9.88 Å². The van der Waals surface area contributed by atoms with E-state index in [1.165, 1.54) is 28.5 Å². The van der Waals surface area contributed by atoms with Crippen molar-refractivity contribution in [2.45, 2.75) is 13.3 Å². The molecule has 1 aromatic heterocycles. The number of urea groups is 1. The molecule has 2 heterocycles. The van der Waals surface area contributed by atoms with Crippen molar-refractivity contribution >= 4 is 40.0 Å². The Kier molecular flexibility index (Phi) is 5.17. The van der Waals surface area contributed by atoms with E-state index in [-0.39, 0.29) is 24.3 Å². The Bertz CT molecular complexity index is 1140. The predicted molar refractivity (Wildman–Crippen MR) is 116 cm³/mol. The number of aromatic nitrogens is 1. The molecule has 1 atom stereocenters. The van der Waals surface area contributed by atoms with Gasteiger partial charge in [0.05, 0.1) is 19.8 Å². The minimum absolute atomic E-state index is 0.0412. The zero-order valence-electron chi connectivity index (χ0n) is 16.9. The summed E-state index contributed by atoms with van der Waals surface area (Å²) in [6, 6.07) is 7.65. The molecule has 0 radical (unpaired) electrons. The minimum Gasteiger partial charge on any atom is -0.302 e. The first kappa shape index (κ1) is 19.9. The van der Waals surface area contributed by atoms with Crippen molar-refractivity contribution < 1.29 is 19.0 Å². The highest BCUT2D eigenvalue weighted by Crippen LogP contribution is 2.28. The number of anilines is 1. The SMILES string of the molecule is Cc1ccc(-c2csc(NC(=O)CC3=CC=CC4=[N+](C)C(=O)N(C)C(=O)C34)n2)cc1. The molecule has 1 N–H and O–H groups in total. The molecular formula is C22H21N4O3S+. The molecule has 0 saturated carbocycles. The summed E-state index contributed by atoms with van der Waals surface area (Å²) in [7, 11) is 3.08. The Labute approximate surface area is 178 Å². The lowest BCUT2D eigenvalue weighted by molar-refractivity contribution is -0.405. The first-order chi connectivity index (χ1) is 14.3. The maximum atomic E-state index is 12.7. The lowest BCUT2D eigenvalue weighted by atomic mass is 9.85. The van der Waals surface area contributed by atoms with Gasteiger partial charge in [-0.2, -0.15) is 14.3 Å². The standard InChI is InChI=1S/C22H20N4O3S/c1-13-7-9-14(10-8-13)16-12-30-21(23-16)24-18(27)11-15-5-4-6-17-19(15)20(28)26(3)22(29)25(17)2/h4-10,12,19H,11H2,1-3H3/p+1. The van der Waals surface area contributed by atoms with E-state index >= 15 is 0 Å². The molecule has 2 aromatic rings. The van der Waals surface area contributed by atoms with E-state index in [1.54, 1.807) is 25.3 Å². The van der Waals surface area contributed by atoms with Crippen LogP contribution in [0.4, 0.5) is 9.93 Å². The number of allylic oxidation sites excluding steroid dienone is 3. The third kappa shape index (κ3) is 3.61. The second-order valence-electron chi connectivity index (χ2n) is 7.33. The number of benzene rings is 1. The number of carbonyl (C=O) groups excluding carboxylic acids is 3. The highest BCUT2D eigenvalue weighted by atomic mass is 32.1. The second kappa shape index (κ2) is 7.79. The molecule has 4 amide bonds. The Hall–Kier alpha value is -3.39. The molecule has 0 bridgehead atoms. The van der Waals surface area contributed by atoms with Gasteiger partial charge in [-0.1, -0.05) is 42.0 Å². The Balaban J connectivity index is 1.49. The number of thiazole rings is 1. The predicted octanol–water partition coefficient (Wildman–Crippen LogP) is 3.23. The van der Waals surface area contributed by atoms with E-state index in [4.69, 9.17) is 0 Å². The normalized spacial score (nSPS) is 18.4. The molecule has 152 valence electrons. The van der Waals surface area contributed by atoms with Gasteiger partial charge in [0.25, 0.3) is 0 Å². The van der Waals surface area contributed by atoms with Crippen LogP contribution >= 0.6 is 11.3 Å². The van der Waals surface area contributed by atoms with Gasteiger partial charge in [0.2, 0.25) is 5.91 Å². The first-order valence-electron chi connectivity index (χ1n) is 9.47. The highest BCUT2D eigenvalue weighted by Gasteiger charge is 2.46. The van der Waals surface area contributed by atoms with Gasteiger partial charge in [0.15, 0.2) is 5.13 Å². The van der Waals surface area contributed by atoms with E-state index < -0.39 is 5.92 Å². The van der Waals surface area contributed by atoms with Crippen LogP contribution in [0.2, 0.25) is 0 Å². The van der Waals surface area contributed by atoms with E-state index in [2.05, 4.69) is 10.3 Å². The van der Waals surface area contributed by atoms with Gasteiger partial charge in [-0.3, -0.25) is 4.79 Å². The molecule has 30 heavy (non-hydrogen) atoms. The van der Waals surface area contributed by atoms with Gasteiger partial charge in [0.1, 0.15) is 11.6 Å². The van der Waals surface area contributed by atoms with Crippen LogP contribution in [0.5, 0.6) is 0 Å². The molecule has 4 rings (SSSR count). The van der Waals surface area contributed by atoms with Crippen LogP contribution in [0.1, 0.15) is 12.0 Å². The summed E-state index contributed by atoms with van der Waals surface area (Å²) in [6.45, 7) is 2.02. The van der Waals surface area contributed by atoms with E-state index in [0.717, 1.165) is 16.2 Å². The maximum Gasteiger partial charge on any atom is 0.500 e. The lowest BCUT2D eigenvalue weighted by Crippen LogP contribution is -2.52. The van der Waals surface area contributed by atoms with Crippen LogP contribution in [0, 0.1) is 12.8 Å². The van der Waals surface area contributed by atoms with Gasteiger partial charge in [-0.05, 0) is 18.6 Å². The number of amides is 4. The number of nitrogens with one attached hydrogen (secondary N) is 1. The monoisotopic (exact) mass is 421 g/mol. The molecule has 0 spiro atoms. The average molecular weight is 422 g/mol. The number of fused-ring (bicyclic) bond motifs is 1. The topological polar surface area (TPSA) is 82.4 Å². The second-order valence-corrected chi connectivity index (χ2v) is 8.18. The Morgan fingerprint density at radius 1 is 1.27 bits per heavy atom. The lowest BCUT2D eigenvalue weighted by Gasteiger charge is -2.27. The molecule has 1 aliphatic heterocycles. The molecule has 0 saturated heterocycles. The van der Waals surface area contributed by atoms with Crippen LogP contribution in [0.15, 0.2) is 53.4 Å². The Morgan fingerprint density at radius 3 is 2.73 bits per heavy atom. The van der Waals surface area contributed by atoms with Gasteiger partial charge in [-0.25, -0.2) is 9.78 Å². The molecule has 1 unspecified atom stereocenters. The van der Waals surface area contributed by atoms with Crippen LogP contribution in [-0.2, 0) is 9.59 Å². The fourth-order valence-electron chi connectivity index (χ4n) is 3.56. The van der Waals surface area contributed by atoms with Gasteiger partial charge in [0, 0.05) is 17.4 Å². The average Bonchev–Trinajstić information content (AvgIpc) is 3.19. The zero-order valence-corrected chi connectivity index (χ0v) is 17.7. The summed E-state index contributed by atoms with van der Waals surface area (Å²) in [4.78, 5) is 43.1. The first-order valence-corrected chi connectivity index (χ1v) is 10.3. The van der Waals surface area contributed by atoms with E-state index in [0.29, 0.717) is 16.4 Å². The summed E-state index contributed by atoms with van der Waals surface area (Å²) in [5, 5.41) is 5.22. The molecule has 8 heteroatoms. The summed E-state index contributed by atoms with van der Waals surface area (Å²) < 4.78 is 1.45. The van der Waals surface area contributed by atoms with Gasteiger partial charge < -0.3 is 5.32 Å². The summed E-state index contributed by atoms with van der Waals surface area (Å²) in [6.07, 6.45) is 5.31. The number of rotatable bonds is 4. The van der Waals surface area contributed by atoms with E-state index in [9.17, 15) is 14.4 Å². The van der Waals surface area contributed by atoms with Crippen molar-refractivity contribution in [3.05, 3.63) is 59.0 Å².